The van der Waals surface area contributed by atoms with Gasteiger partial charge in [-0.3, -0.25) is 14.6 Å². The van der Waals surface area contributed by atoms with Crippen LogP contribution in [0.1, 0.15) is 24.1 Å². The van der Waals surface area contributed by atoms with Crippen molar-refractivity contribution >= 4 is 11.6 Å². The maximum absolute atomic E-state index is 12.9. The first-order valence-electron chi connectivity index (χ1n) is 10.1. The molecule has 1 unspecified atom stereocenters. The van der Waals surface area contributed by atoms with E-state index in [9.17, 15) is 9.59 Å². The van der Waals surface area contributed by atoms with Crippen LogP contribution in [0.5, 0.6) is 0 Å². The Morgan fingerprint density at radius 2 is 1.84 bits per heavy atom. The second-order valence-electron chi connectivity index (χ2n) is 7.61. The largest absolute Gasteiger partial charge is 0.324 e. The van der Waals surface area contributed by atoms with Gasteiger partial charge in [0.25, 0.3) is 5.56 Å². The standard InChI is InChI=1S/C25H20N4O2/c1-16(29-24(30)11-10-23(28-29)18-6-4-12-26-15-18)25(31)27-20-8-9-22-19(14-20)13-17-5-2-3-7-21(17)22/h2-12,14-16H,13H2,1H3,(H,27,31). The summed E-state index contributed by atoms with van der Waals surface area (Å²) in [6, 6.07) is 20.2. The molecule has 6 nitrogen and oxygen atoms in total. The number of amides is 1. The third-order valence-electron chi connectivity index (χ3n) is 5.59. The second-order valence-corrected chi connectivity index (χ2v) is 7.61. The number of benzene rings is 2. The van der Waals surface area contributed by atoms with Crippen molar-refractivity contribution in [3.8, 4) is 22.4 Å². The Morgan fingerprint density at radius 3 is 2.68 bits per heavy atom. The van der Waals surface area contributed by atoms with Crippen LogP contribution >= 0.6 is 0 Å². The zero-order chi connectivity index (χ0) is 21.4. The number of nitrogens with one attached hydrogen (secondary N) is 1. The Labute approximate surface area is 179 Å². The van der Waals surface area contributed by atoms with E-state index >= 15 is 0 Å². The highest BCUT2D eigenvalue weighted by Crippen LogP contribution is 2.37. The lowest BCUT2D eigenvalue weighted by Gasteiger charge is -2.15. The summed E-state index contributed by atoms with van der Waals surface area (Å²) < 4.78 is 1.21. The predicted molar refractivity (Wildman–Crippen MR) is 120 cm³/mol. The number of rotatable bonds is 4. The molecule has 0 saturated carbocycles. The molecule has 1 amide bonds. The molecular formula is C25H20N4O2. The number of carbonyl (C=O) groups is 1. The third-order valence-corrected chi connectivity index (χ3v) is 5.59. The van der Waals surface area contributed by atoms with E-state index in [1.807, 2.05) is 36.4 Å². The van der Waals surface area contributed by atoms with Gasteiger partial charge < -0.3 is 5.32 Å². The Balaban J connectivity index is 1.38. The molecule has 6 heteroatoms. The van der Waals surface area contributed by atoms with Gasteiger partial charge in [-0.1, -0.05) is 30.3 Å². The highest BCUT2D eigenvalue weighted by atomic mass is 16.2. The number of pyridine rings is 1. The lowest BCUT2D eigenvalue weighted by molar-refractivity contribution is -0.119. The van der Waals surface area contributed by atoms with Crippen molar-refractivity contribution in [3.63, 3.8) is 0 Å². The number of anilines is 1. The van der Waals surface area contributed by atoms with Gasteiger partial charge in [0, 0.05) is 29.7 Å². The van der Waals surface area contributed by atoms with E-state index in [0.717, 1.165) is 12.0 Å². The zero-order valence-corrected chi connectivity index (χ0v) is 16.9. The van der Waals surface area contributed by atoms with E-state index in [0.29, 0.717) is 11.4 Å². The van der Waals surface area contributed by atoms with Gasteiger partial charge >= 0.3 is 0 Å². The van der Waals surface area contributed by atoms with Gasteiger partial charge in [0.05, 0.1) is 5.69 Å². The highest BCUT2D eigenvalue weighted by Gasteiger charge is 2.21. The topological polar surface area (TPSA) is 76.9 Å². The Bertz CT molecular complexity index is 1350. The molecule has 1 atom stereocenters. The van der Waals surface area contributed by atoms with Gasteiger partial charge in [-0.25, -0.2) is 4.68 Å². The molecule has 0 aliphatic heterocycles. The van der Waals surface area contributed by atoms with Crippen molar-refractivity contribution in [2.75, 3.05) is 5.32 Å². The molecule has 0 bridgehead atoms. The van der Waals surface area contributed by atoms with Crippen molar-refractivity contribution < 1.29 is 4.79 Å². The average molecular weight is 408 g/mol. The second kappa shape index (κ2) is 7.65. The summed E-state index contributed by atoms with van der Waals surface area (Å²) in [7, 11) is 0. The fourth-order valence-corrected chi connectivity index (χ4v) is 3.95. The SMILES string of the molecule is CC(C(=O)Nc1ccc2c(c1)Cc1ccccc1-2)n1nc(-c2cccnc2)ccc1=O. The van der Waals surface area contributed by atoms with Gasteiger partial charge in [0.2, 0.25) is 5.91 Å². The predicted octanol–water partition coefficient (Wildman–Crippen LogP) is 4.08. The number of nitrogens with zero attached hydrogens (tertiary/aromatic N) is 3. The number of aromatic nitrogens is 3. The van der Waals surface area contributed by atoms with Crippen LogP contribution < -0.4 is 10.9 Å². The maximum Gasteiger partial charge on any atom is 0.267 e. The number of hydrogen-bond donors (Lipinski definition) is 1. The molecule has 0 radical (unpaired) electrons. The summed E-state index contributed by atoms with van der Waals surface area (Å²) in [5.41, 5.74) is 6.65. The van der Waals surface area contributed by atoms with Gasteiger partial charge in [-0.05, 0) is 65.9 Å². The van der Waals surface area contributed by atoms with Crippen LogP contribution in [-0.4, -0.2) is 20.7 Å². The van der Waals surface area contributed by atoms with Crippen molar-refractivity contribution in [3.05, 3.63) is 101 Å². The average Bonchev–Trinajstić information content (AvgIpc) is 3.17. The normalized spacial score (nSPS) is 12.7. The number of carbonyl (C=O) groups excluding carboxylic acids is 1. The van der Waals surface area contributed by atoms with E-state index in [1.54, 1.807) is 31.5 Å². The molecule has 152 valence electrons. The quantitative estimate of drug-likeness (QED) is 0.486. The van der Waals surface area contributed by atoms with Crippen molar-refractivity contribution in [2.45, 2.75) is 19.4 Å². The summed E-state index contributed by atoms with van der Waals surface area (Å²) in [4.78, 5) is 29.4. The minimum Gasteiger partial charge on any atom is -0.324 e. The van der Waals surface area contributed by atoms with Crippen LogP contribution in [0.2, 0.25) is 0 Å². The van der Waals surface area contributed by atoms with Crippen LogP contribution in [0, 0.1) is 0 Å². The van der Waals surface area contributed by atoms with E-state index < -0.39 is 6.04 Å². The van der Waals surface area contributed by atoms with Crippen molar-refractivity contribution in [2.24, 2.45) is 0 Å². The third kappa shape index (κ3) is 3.53. The molecule has 0 saturated heterocycles. The molecule has 31 heavy (non-hydrogen) atoms. The first-order chi connectivity index (χ1) is 15.1. The summed E-state index contributed by atoms with van der Waals surface area (Å²) in [6.07, 6.45) is 4.19. The van der Waals surface area contributed by atoms with Crippen LogP contribution in [-0.2, 0) is 11.2 Å². The molecule has 0 fully saturated rings. The van der Waals surface area contributed by atoms with Crippen molar-refractivity contribution in [1.82, 2.24) is 14.8 Å². The highest BCUT2D eigenvalue weighted by molar-refractivity contribution is 5.94. The van der Waals surface area contributed by atoms with E-state index in [2.05, 4.69) is 27.5 Å². The zero-order valence-electron chi connectivity index (χ0n) is 16.9. The van der Waals surface area contributed by atoms with Crippen LogP contribution in [0.3, 0.4) is 0 Å². The molecule has 4 aromatic rings. The molecule has 2 aromatic carbocycles. The summed E-state index contributed by atoms with van der Waals surface area (Å²) in [5, 5.41) is 7.33. The molecule has 0 spiro atoms. The molecule has 1 aliphatic carbocycles. The monoisotopic (exact) mass is 408 g/mol. The molecule has 5 rings (SSSR count). The van der Waals surface area contributed by atoms with E-state index in [1.165, 1.54) is 33.0 Å². The Morgan fingerprint density at radius 1 is 1.00 bits per heavy atom. The first-order valence-corrected chi connectivity index (χ1v) is 10.1. The fraction of sp³-hybridized carbons (Fsp3) is 0.120. The molecular weight excluding hydrogens is 388 g/mol. The van der Waals surface area contributed by atoms with Gasteiger partial charge in [0.15, 0.2) is 0 Å². The van der Waals surface area contributed by atoms with Crippen molar-refractivity contribution in [1.29, 1.82) is 0 Å². The van der Waals surface area contributed by atoms with E-state index in [4.69, 9.17) is 0 Å². The maximum atomic E-state index is 12.9. The first kappa shape index (κ1) is 18.9. The molecule has 1 N–H and O–H groups in total. The summed E-state index contributed by atoms with van der Waals surface area (Å²) in [5.74, 6) is -0.298. The Hall–Kier alpha value is -4.06. The fourth-order valence-electron chi connectivity index (χ4n) is 3.95. The molecule has 1 aliphatic rings. The smallest absolute Gasteiger partial charge is 0.267 e. The number of hydrogen-bond acceptors (Lipinski definition) is 4. The van der Waals surface area contributed by atoms with Gasteiger partial charge in [0.1, 0.15) is 6.04 Å². The lowest BCUT2D eigenvalue weighted by atomic mass is 10.1. The minimum absolute atomic E-state index is 0.298. The lowest BCUT2D eigenvalue weighted by Crippen LogP contribution is -2.33. The van der Waals surface area contributed by atoms with E-state index in [-0.39, 0.29) is 11.5 Å². The van der Waals surface area contributed by atoms with Crippen LogP contribution in [0.15, 0.2) is 83.9 Å². The van der Waals surface area contributed by atoms with Gasteiger partial charge in [-0.15, -0.1) is 0 Å². The Kier molecular flexibility index (Phi) is 4.67. The summed E-state index contributed by atoms with van der Waals surface area (Å²) >= 11 is 0. The minimum atomic E-state index is -0.769. The summed E-state index contributed by atoms with van der Waals surface area (Å²) in [6.45, 7) is 1.67. The number of fused-ring (bicyclic) bond motifs is 3. The molecule has 2 aromatic heterocycles. The van der Waals surface area contributed by atoms with Crippen LogP contribution in [0.4, 0.5) is 5.69 Å². The van der Waals surface area contributed by atoms with Gasteiger partial charge in [-0.2, -0.15) is 5.10 Å². The van der Waals surface area contributed by atoms with Crippen LogP contribution in [0.25, 0.3) is 22.4 Å². The molecule has 2 heterocycles.